The van der Waals surface area contributed by atoms with E-state index >= 15 is 0 Å². The van der Waals surface area contributed by atoms with Crippen molar-refractivity contribution >= 4 is 40.9 Å². The lowest BCUT2D eigenvalue weighted by atomic mass is 10.1. The van der Waals surface area contributed by atoms with E-state index in [-0.39, 0.29) is 37.3 Å². The van der Waals surface area contributed by atoms with Gasteiger partial charge in [0, 0.05) is 44.3 Å². The van der Waals surface area contributed by atoms with Crippen molar-refractivity contribution in [2.24, 2.45) is 0 Å². The lowest BCUT2D eigenvalue weighted by molar-refractivity contribution is -0.145. The van der Waals surface area contributed by atoms with Gasteiger partial charge in [0.2, 0.25) is 5.91 Å². The molecular weight excluding hydrogens is 480 g/mol. The SMILES string of the molecule is CCNCCNC(=O)CN(CC(=O)N(C)N1Cc2ccccc2C1)c1cc2c(C)noc2cc1C.Cl. The summed E-state index contributed by atoms with van der Waals surface area (Å²) in [6, 6.07) is 12.1. The number of halogens is 1. The number of aryl methyl sites for hydroxylation is 2. The van der Waals surface area contributed by atoms with Crippen LogP contribution < -0.4 is 15.5 Å². The molecule has 0 bridgehead atoms. The van der Waals surface area contributed by atoms with Gasteiger partial charge in [0.05, 0.1) is 18.8 Å². The van der Waals surface area contributed by atoms with Crippen LogP contribution in [0.5, 0.6) is 0 Å². The Hall–Kier alpha value is -3.14. The molecule has 1 aliphatic heterocycles. The van der Waals surface area contributed by atoms with E-state index in [2.05, 4.69) is 27.9 Å². The molecule has 2 heterocycles. The van der Waals surface area contributed by atoms with Crippen molar-refractivity contribution in [1.82, 2.24) is 25.8 Å². The summed E-state index contributed by atoms with van der Waals surface area (Å²) >= 11 is 0. The van der Waals surface area contributed by atoms with E-state index in [1.807, 2.05) is 54.9 Å². The number of hydrogen-bond acceptors (Lipinski definition) is 7. The molecule has 0 saturated heterocycles. The van der Waals surface area contributed by atoms with Crippen molar-refractivity contribution < 1.29 is 14.1 Å². The number of likely N-dealkylation sites (N-methyl/N-ethyl adjacent to an activating group) is 2. The second kappa shape index (κ2) is 12.2. The first-order chi connectivity index (χ1) is 16.9. The van der Waals surface area contributed by atoms with Crippen LogP contribution in [0, 0.1) is 13.8 Å². The van der Waals surface area contributed by atoms with Gasteiger partial charge < -0.3 is 20.1 Å². The number of fused-ring (bicyclic) bond motifs is 2. The third-order valence-corrected chi connectivity index (χ3v) is 6.45. The van der Waals surface area contributed by atoms with Crippen molar-refractivity contribution in [1.29, 1.82) is 0 Å². The zero-order valence-electron chi connectivity index (χ0n) is 21.3. The number of nitrogens with one attached hydrogen (secondary N) is 2. The van der Waals surface area contributed by atoms with Crippen LogP contribution in [0.3, 0.4) is 0 Å². The van der Waals surface area contributed by atoms with Crippen LogP contribution in [0.25, 0.3) is 11.0 Å². The van der Waals surface area contributed by atoms with Crippen LogP contribution in [-0.2, 0) is 22.7 Å². The fourth-order valence-electron chi connectivity index (χ4n) is 4.41. The summed E-state index contributed by atoms with van der Waals surface area (Å²) in [4.78, 5) is 28.0. The number of anilines is 1. The first kappa shape index (κ1) is 27.4. The molecule has 2 aromatic carbocycles. The minimum atomic E-state index is -0.131. The van der Waals surface area contributed by atoms with Gasteiger partial charge in [-0.2, -0.15) is 0 Å². The van der Waals surface area contributed by atoms with Crippen LogP contribution in [-0.4, -0.2) is 66.8 Å². The average Bonchev–Trinajstić information content (AvgIpc) is 3.43. The molecule has 0 atom stereocenters. The van der Waals surface area contributed by atoms with Gasteiger partial charge in [-0.3, -0.25) is 14.6 Å². The van der Waals surface area contributed by atoms with Gasteiger partial charge in [-0.1, -0.05) is 36.3 Å². The molecule has 0 aliphatic carbocycles. The largest absolute Gasteiger partial charge is 0.356 e. The molecule has 1 aromatic heterocycles. The molecule has 194 valence electrons. The maximum atomic E-state index is 13.4. The molecule has 0 fully saturated rings. The normalized spacial score (nSPS) is 12.8. The Balaban J connectivity index is 0.00000361. The van der Waals surface area contributed by atoms with E-state index in [9.17, 15) is 9.59 Å². The number of hydrazine groups is 1. The Labute approximate surface area is 218 Å². The first-order valence-corrected chi connectivity index (χ1v) is 12.0. The van der Waals surface area contributed by atoms with Gasteiger partial charge in [0.15, 0.2) is 5.58 Å². The number of carbonyl (C=O) groups excluding carboxylic acids is 2. The molecule has 0 unspecified atom stereocenters. The van der Waals surface area contributed by atoms with Gasteiger partial charge in [-0.15, -0.1) is 12.4 Å². The Morgan fingerprint density at radius 1 is 1.08 bits per heavy atom. The highest BCUT2D eigenvalue weighted by molar-refractivity contribution is 5.90. The summed E-state index contributed by atoms with van der Waals surface area (Å²) < 4.78 is 5.40. The first-order valence-electron chi connectivity index (χ1n) is 12.0. The fraction of sp³-hybridized carbons (Fsp3) is 0.423. The summed E-state index contributed by atoms with van der Waals surface area (Å²) in [5.41, 5.74) is 5.66. The number of amides is 2. The van der Waals surface area contributed by atoms with Gasteiger partial charge >= 0.3 is 0 Å². The van der Waals surface area contributed by atoms with Gasteiger partial charge in [-0.25, -0.2) is 5.01 Å². The lowest BCUT2D eigenvalue weighted by Gasteiger charge is -2.32. The molecule has 0 radical (unpaired) electrons. The summed E-state index contributed by atoms with van der Waals surface area (Å²) in [6.45, 7) is 9.45. The smallest absolute Gasteiger partial charge is 0.256 e. The molecule has 1 aliphatic rings. The van der Waals surface area contributed by atoms with E-state index in [0.29, 0.717) is 31.8 Å². The minimum Gasteiger partial charge on any atom is -0.356 e. The quantitative estimate of drug-likeness (QED) is 0.402. The Morgan fingerprint density at radius 2 is 1.78 bits per heavy atom. The Morgan fingerprint density at radius 3 is 2.44 bits per heavy atom. The number of benzene rings is 2. The molecule has 4 rings (SSSR count). The monoisotopic (exact) mass is 514 g/mol. The maximum absolute atomic E-state index is 13.4. The molecule has 3 aromatic rings. The van der Waals surface area contributed by atoms with E-state index in [1.54, 1.807) is 12.1 Å². The van der Waals surface area contributed by atoms with Crippen molar-refractivity contribution in [2.45, 2.75) is 33.9 Å². The molecule has 2 N–H and O–H groups in total. The summed E-state index contributed by atoms with van der Waals surface area (Å²) in [5, 5.41) is 14.8. The highest BCUT2D eigenvalue weighted by Gasteiger charge is 2.27. The summed E-state index contributed by atoms with van der Waals surface area (Å²) in [7, 11) is 1.79. The van der Waals surface area contributed by atoms with E-state index in [4.69, 9.17) is 4.52 Å². The van der Waals surface area contributed by atoms with Gasteiger partial charge in [0.25, 0.3) is 5.91 Å². The van der Waals surface area contributed by atoms with Crippen molar-refractivity contribution in [3.05, 3.63) is 58.8 Å². The summed E-state index contributed by atoms with van der Waals surface area (Å²) in [6.07, 6.45) is 0. The van der Waals surface area contributed by atoms with E-state index in [0.717, 1.165) is 28.9 Å². The third-order valence-electron chi connectivity index (χ3n) is 6.45. The van der Waals surface area contributed by atoms with Crippen LogP contribution in [0.4, 0.5) is 5.69 Å². The zero-order valence-corrected chi connectivity index (χ0v) is 22.2. The number of hydrogen-bond donors (Lipinski definition) is 2. The standard InChI is InChI=1S/C26H34N6O3.ClH/c1-5-27-10-11-28-25(33)16-31(23-13-22-19(3)29-35-24(22)12-18(23)2)17-26(34)30(4)32-14-20-8-6-7-9-21(20)15-32;/h6-9,12-13,27H,5,10-11,14-17H2,1-4H3,(H,28,33);1H. The lowest BCUT2D eigenvalue weighted by Crippen LogP contribution is -2.48. The Bertz CT molecular complexity index is 1190. The molecule has 2 amide bonds. The highest BCUT2D eigenvalue weighted by atomic mass is 35.5. The fourth-order valence-corrected chi connectivity index (χ4v) is 4.41. The predicted molar refractivity (Wildman–Crippen MR) is 143 cm³/mol. The van der Waals surface area contributed by atoms with Gasteiger partial charge in [-0.05, 0) is 49.2 Å². The number of aromatic nitrogens is 1. The molecular formula is C26H35ClN6O3. The van der Waals surface area contributed by atoms with E-state index < -0.39 is 0 Å². The highest BCUT2D eigenvalue weighted by Crippen LogP contribution is 2.29. The number of carbonyl (C=O) groups is 2. The van der Waals surface area contributed by atoms with Crippen LogP contribution in [0.15, 0.2) is 40.9 Å². The maximum Gasteiger partial charge on any atom is 0.256 e. The average molecular weight is 515 g/mol. The van der Waals surface area contributed by atoms with Crippen molar-refractivity contribution in [3.8, 4) is 0 Å². The molecule has 0 saturated carbocycles. The van der Waals surface area contributed by atoms with Crippen LogP contribution in [0.2, 0.25) is 0 Å². The molecule has 10 heteroatoms. The van der Waals surface area contributed by atoms with Crippen LogP contribution >= 0.6 is 12.4 Å². The van der Waals surface area contributed by atoms with Crippen LogP contribution in [0.1, 0.15) is 29.3 Å². The number of rotatable bonds is 10. The Kier molecular flexibility index (Phi) is 9.31. The second-order valence-corrected chi connectivity index (χ2v) is 8.97. The van der Waals surface area contributed by atoms with E-state index in [1.165, 1.54) is 11.1 Å². The van der Waals surface area contributed by atoms with Gasteiger partial charge in [0.1, 0.15) is 0 Å². The molecule has 0 spiro atoms. The summed E-state index contributed by atoms with van der Waals surface area (Å²) in [5.74, 6) is -0.215. The predicted octanol–water partition coefficient (Wildman–Crippen LogP) is 2.79. The molecule has 9 nitrogen and oxygen atoms in total. The minimum absolute atomic E-state index is 0. The van der Waals surface area contributed by atoms with Crippen molar-refractivity contribution in [3.63, 3.8) is 0 Å². The molecule has 36 heavy (non-hydrogen) atoms. The zero-order chi connectivity index (χ0) is 24.9. The second-order valence-electron chi connectivity index (χ2n) is 8.97. The third kappa shape index (κ3) is 6.16. The number of nitrogens with zero attached hydrogens (tertiary/aromatic N) is 4. The topological polar surface area (TPSA) is 93.9 Å². The van der Waals surface area contributed by atoms with Crippen molar-refractivity contribution in [2.75, 3.05) is 44.7 Å².